The van der Waals surface area contributed by atoms with Gasteiger partial charge in [0.1, 0.15) is 23.9 Å². The molecule has 2 aliphatic rings. The Kier molecular flexibility index (Phi) is 8.48. The SMILES string of the molecule is COC(=O)C[C@@H]1COc2cc(OCc3cc(-c4c(C)cc(OCCCS(C)=O)c5c4CC5)ccc3Cl)ccc21. The monoisotopic (exact) mass is 568 g/mol. The Bertz CT molecular complexity index is 1420. The molecule has 3 aromatic carbocycles. The van der Waals surface area contributed by atoms with Crippen LogP contribution in [0.15, 0.2) is 42.5 Å². The quantitative estimate of drug-likeness (QED) is 0.203. The molecule has 1 unspecified atom stereocenters. The second-order valence-electron chi connectivity index (χ2n) is 10.1. The standard InChI is InChI=1S/C31H33ClO6S/c1-19-13-28(36-11-4-12-39(3)34)25-8-9-26(25)31(19)20-5-10-27(32)22(14-20)18-37-23-6-7-24-21(15-30(33)35-2)17-38-29(24)16-23/h5-7,10,13-14,16,21H,4,8-9,11-12,15,17-18H2,1-3H3/t21-,39?/m1/s1. The maximum Gasteiger partial charge on any atom is 0.306 e. The van der Waals surface area contributed by atoms with Crippen molar-refractivity contribution >= 4 is 28.4 Å². The van der Waals surface area contributed by atoms with E-state index in [4.69, 9.17) is 30.5 Å². The number of halogens is 1. The third kappa shape index (κ3) is 6.10. The molecule has 0 bridgehead atoms. The Morgan fingerprint density at radius 3 is 2.67 bits per heavy atom. The van der Waals surface area contributed by atoms with Crippen molar-refractivity contribution in [3.63, 3.8) is 0 Å². The molecule has 0 fully saturated rings. The van der Waals surface area contributed by atoms with E-state index in [0.29, 0.717) is 42.8 Å². The first-order chi connectivity index (χ1) is 18.8. The number of methoxy groups -OCH3 is 1. The minimum absolute atomic E-state index is 0.00725. The molecule has 0 saturated carbocycles. The molecule has 1 aliphatic carbocycles. The maximum atomic E-state index is 11.7. The fourth-order valence-corrected chi connectivity index (χ4v) is 5.99. The predicted octanol–water partition coefficient (Wildman–Crippen LogP) is 6.18. The van der Waals surface area contributed by atoms with Crippen LogP contribution in [0.2, 0.25) is 5.02 Å². The molecule has 3 aromatic rings. The Labute approximate surface area is 237 Å². The molecule has 0 radical (unpaired) electrons. The summed E-state index contributed by atoms with van der Waals surface area (Å²) in [5, 5.41) is 0.652. The lowest BCUT2D eigenvalue weighted by atomic mass is 9.79. The molecule has 206 valence electrons. The van der Waals surface area contributed by atoms with E-state index in [0.717, 1.165) is 53.0 Å². The summed E-state index contributed by atoms with van der Waals surface area (Å²) >= 11 is 6.58. The largest absolute Gasteiger partial charge is 0.493 e. The van der Waals surface area contributed by atoms with Gasteiger partial charge in [-0.3, -0.25) is 9.00 Å². The lowest BCUT2D eigenvalue weighted by molar-refractivity contribution is -0.141. The number of carbonyl (C=O) groups excluding carboxylic acids is 1. The van der Waals surface area contributed by atoms with Crippen LogP contribution < -0.4 is 14.2 Å². The van der Waals surface area contributed by atoms with Crippen LogP contribution in [-0.2, 0) is 39.8 Å². The molecule has 6 nitrogen and oxygen atoms in total. The van der Waals surface area contributed by atoms with Gasteiger partial charge in [0.2, 0.25) is 0 Å². The van der Waals surface area contributed by atoms with Crippen LogP contribution in [0.1, 0.15) is 46.6 Å². The van der Waals surface area contributed by atoms with E-state index in [-0.39, 0.29) is 11.9 Å². The van der Waals surface area contributed by atoms with Crippen molar-refractivity contribution < 1.29 is 28.0 Å². The maximum absolute atomic E-state index is 11.7. The highest BCUT2D eigenvalue weighted by molar-refractivity contribution is 7.84. The van der Waals surface area contributed by atoms with E-state index < -0.39 is 10.8 Å². The molecule has 8 heteroatoms. The number of aryl methyl sites for hydroxylation is 1. The van der Waals surface area contributed by atoms with E-state index in [1.54, 1.807) is 6.26 Å². The van der Waals surface area contributed by atoms with Gasteiger partial charge in [0.25, 0.3) is 0 Å². The second-order valence-corrected chi connectivity index (χ2v) is 12.0. The van der Waals surface area contributed by atoms with Crippen LogP contribution in [-0.4, -0.2) is 42.5 Å². The zero-order valence-electron chi connectivity index (χ0n) is 22.5. The molecule has 0 aromatic heterocycles. The van der Waals surface area contributed by atoms with E-state index in [1.807, 2.05) is 24.3 Å². The number of esters is 1. The van der Waals surface area contributed by atoms with Gasteiger partial charge in [0.05, 0.1) is 26.7 Å². The summed E-state index contributed by atoms with van der Waals surface area (Å²) in [5.41, 5.74) is 8.00. The van der Waals surface area contributed by atoms with Crippen LogP contribution in [0.4, 0.5) is 0 Å². The Morgan fingerprint density at radius 2 is 1.92 bits per heavy atom. The van der Waals surface area contributed by atoms with Crippen LogP contribution in [0.3, 0.4) is 0 Å². The van der Waals surface area contributed by atoms with Gasteiger partial charge in [0.15, 0.2) is 0 Å². The average Bonchev–Trinajstić information content (AvgIpc) is 3.29. The summed E-state index contributed by atoms with van der Waals surface area (Å²) in [4.78, 5) is 11.7. The van der Waals surface area contributed by atoms with Gasteiger partial charge in [-0.25, -0.2) is 0 Å². The topological polar surface area (TPSA) is 71.1 Å². The van der Waals surface area contributed by atoms with Crippen LogP contribution in [0, 0.1) is 6.92 Å². The normalized spacial score (nSPS) is 15.9. The summed E-state index contributed by atoms with van der Waals surface area (Å²) in [5.74, 6) is 2.77. The number of hydrogen-bond acceptors (Lipinski definition) is 6. The zero-order chi connectivity index (χ0) is 27.5. The first-order valence-corrected chi connectivity index (χ1v) is 15.3. The van der Waals surface area contributed by atoms with Gasteiger partial charge >= 0.3 is 5.97 Å². The van der Waals surface area contributed by atoms with Gasteiger partial charge in [-0.15, -0.1) is 0 Å². The molecule has 0 amide bonds. The molecule has 0 N–H and O–H groups in total. The van der Waals surface area contributed by atoms with Gasteiger partial charge < -0.3 is 18.9 Å². The van der Waals surface area contributed by atoms with Crippen molar-refractivity contribution in [3.05, 3.63) is 75.3 Å². The summed E-state index contributed by atoms with van der Waals surface area (Å²) in [6.07, 6.45) is 4.82. The molecular formula is C31H33ClO6S. The van der Waals surface area contributed by atoms with E-state index >= 15 is 0 Å². The Balaban J connectivity index is 1.30. The van der Waals surface area contributed by atoms with Gasteiger partial charge in [-0.05, 0) is 78.3 Å². The number of ether oxygens (including phenoxy) is 4. The molecule has 0 saturated heterocycles. The smallest absolute Gasteiger partial charge is 0.306 e. The average molecular weight is 569 g/mol. The first kappa shape index (κ1) is 27.5. The van der Waals surface area contributed by atoms with Crippen LogP contribution in [0.5, 0.6) is 17.2 Å². The van der Waals surface area contributed by atoms with Crippen molar-refractivity contribution in [2.45, 2.75) is 45.1 Å². The highest BCUT2D eigenvalue weighted by Gasteiger charge is 2.28. The number of rotatable bonds is 11. The fraction of sp³-hybridized carbons (Fsp3) is 0.387. The van der Waals surface area contributed by atoms with E-state index in [9.17, 15) is 9.00 Å². The molecule has 39 heavy (non-hydrogen) atoms. The third-order valence-electron chi connectivity index (χ3n) is 7.40. The van der Waals surface area contributed by atoms with E-state index in [1.165, 1.54) is 23.8 Å². The summed E-state index contributed by atoms with van der Waals surface area (Å²) in [6, 6.07) is 14.0. The van der Waals surface area contributed by atoms with Crippen molar-refractivity contribution in [2.75, 3.05) is 32.3 Å². The minimum Gasteiger partial charge on any atom is -0.493 e. The van der Waals surface area contributed by atoms with Crippen molar-refractivity contribution in [1.82, 2.24) is 0 Å². The lowest BCUT2D eigenvalue weighted by Crippen LogP contribution is -2.15. The highest BCUT2D eigenvalue weighted by Crippen LogP contribution is 2.43. The van der Waals surface area contributed by atoms with Crippen molar-refractivity contribution in [3.8, 4) is 28.4 Å². The molecule has 1 heterocycles. The van der Waals surface area contributed by atoms with Crippen LogP contribution >= 0.6 is 11.6 Å². The summed E-state index contributed by atoms with van der Waals surface area (Å²) in [7, 11) is 0.599. The highest BCUT2D eigenvalue weighted by atomic mass is 35.5. The van der Waals surface area contributed by atoms with E-state index in [2.05, 4.69) is 25.1 Å². The number of fused-ring (bicyclic) bond motifs is 2. The summed E-state index contributed by atoms with van der Waals surface area (Å²) in [6.45, 7) is 3.46. The van der Waals surface area contributed by atoms with Crippen LogP contribution in [0.25, 0.3) is 11.1 Å². The Hall–Kier alpha value is -3.03. The predicted molar refractivity (Wildman–Crippen MR) is 154 cm³/mol. The molecule has 1 aliphatic heterocycles. The fourth-order valence-electron chi connectivity index (χ4n) is 5.29. The zero-order valence-corrected chi connectivity index (χ0v) is 24.1. The summed E-state index contributed by atoms with van der Waals surface area (Å²) < 4.78 is 34.1. The number of carbonyl (C=O) groups is 1. The van der Waals surface area contributed by atoms with Gasteiger partial charge in [-0.1, -0.05) is 23.7 Å². The number of benzene rings is 3. The second kappa shape index (κ2) is 12.0. The number of hydrogen-bond donors (Lipinski definition) is 0. The van der Waals surface area contributed by atoms with Crippen molar-refractivity contribution in [1.29, 1.82) is 0 Å². The van der Waals surface area contributed by atoms with Gasteiger partial charge in [0, 0.05) is 50.9 Å². The lowest BCUT2D eigenvalue weighted by Gasteiger charge is -2.28. The molecular weight excluding hydrogens is 536 g/mol. The van der Waals surface area contributed by atoms with Gasteiger partial charge in [-0.2, -0.15) is 0 Å². The molecule has 0 spiro atoms. The third-order valence-corrected chi connectivity index (χ3v) is 8.63. The molecule has 2 atom stereocenters. The van der Waals surface area contributed by atoms with Crippen molar-refractivity contribution in [2.24, 2.45) is 0 Å². The minimum atomic E-state index is -0.797. The Morgan fingerprint density at radius 1 is 1.10 bits per heavy atom. The molecule has 5 rings (SSSR count). The first-order valence-electron chi connectivity index (χ1n) is 13.2.